The fourth-order valence-corrected chi connectivity index (χ4v) is 4.05. The van der Waals surface area contributed by atoms with Gasteiger partial charge in [-0.25, -0.2) is 0 Å². The molecule has 5 nitrogen and oxygen atoms in total. The molecule has 5 heteroatoms. The minimum Gasteiger partial charge on any atom is -0.493 e. The van der Waals surface area contributed by atoms with Crippen molar-refractivity contribution in [2.24, 2.45) is 5.73 Å². The van der Waals surface area contributed by atoms with Gasteiger partial charge in [-0.15, -0.1) is 0 Å². The molecule has 0 aromatic heterocycles. The van der Waals surface area contributed by atoms with E-state index < -0.39 is 5.91 Å². The first-order chi connectivity index (χ1) is 17.1. The number of carbonyl (C=O) groups is 2. The lowest BCUT2D eigenvalue weighted by Crippen LogP contribution is -2.29. The lowest BCUT2D eigenvalue weighted by molar-refractivity contribution is 0.0920. The molecule has 2 N–H and O–H groups in total. The van der Waals surface area contributed by atoms with Gasteiger partial charge in [0, 0.05) is 18.7 Å². The van der Waals surface area contributed by atoms with Gasteiger partial charge in [-0.1, -0.05) is 93.3 Å². The standard InChI is InChI=1S/C30H36N2O3/c1-2-3-4-5-12-19-35-29-18-17-26(20-27(29)30(31)34)28(33)23-32(21-24-13-8-6-9-14-24)22-25-15-10-7-11-16-25/h6-11,13-18,20H,2-5,12,19,21-23H2,1H3,(H2,31,34). The molecule has 0 aliphatic rings. The number of amides is 1. The van der Waals surface area contributed by atoms with Gasteiger partial charge in [-0.3, -0.25) is 14.5 Å². The highest BCUT2D eigenvalue weighted by Crippen LogP contribution is 2.22. The van der Waals surface area contributed by atoms with E-state index in [-0.39, 0.29) is 17.9 Å². The number of Topliss-reactive ketones (excluding diaryl/α,β-unsaturated/α-hetero) is 1. The third kappa shape index (κ3) is 8.69. The van der Waals surface area contributed by atoms with Crippen molar-refractivity contribution in [3.05, 3.63) is 101 Å². The van der Waals surface area contributed by atoms with Crippen LogP contribution < -0.4 is 10.5 Å². The normalized spacial score (nSPS) is 10.9. The molecule has 0 atom stereocenters. The number of unbranched alkanes of at least 4 members (excludes halogenated alkanes) is 4. The Hall–Kier alpha value is -3.44. The first-order valence-electron chi connectivity index (χ1n) is 12.5. The molecule has 3 aromatic carbocycles. The van der Waals surface area contributed by atoms with Crippen LogP contribution in [-0.2, 0) is 13.1 Å². The second-order valence-corrected chi connectivity index (χ2v) is 8.88. The van der Waals surface area contributed by atoms with Crippen LogP contribution in [0.25, 0.3) is 0 Å². The van der Waals surface area contributed by atoms with Crippen molar-refractivity contribution in [1.29, 1.82) is 0 Å². The first-order valence-corrected chi connectivity index (χ1v) is 12.5. The number of rotatable bonds is 15. The summed E-state index contributed by atoms with van der Waals surface area (Å²) in [5.41, 5.74) is 8.60. The largest absolute Gasteiger partial charge is 0.493 e. The molecule has 0 unspecified atom stereocenters. The Balaban J connectivity index is 1.69. The van der Waals surface area contributed by atoms with E-state index in [1.165, 1.54) is 19.3 Å². The smallest absolute Gasteiger partial charge is 0.252 e. The Morgan fingerprint density at radius 2 is 1.40 bits per heavy atom. The van der Waals surface area contributed by atoms with Crippen molar-refractivity contribution in [3.8, 4) is 5.75 Å². The number of hydrogen-bond acceptors (Lipinski definition) is 4. The Kier molecular flexibility index (Phi) is 10.5. The number of nitrogens with two attached hydrogens (primary N) is 1. The molecule has 0 saturated heterocycles. The maximum atomic E-state index is 13.2. The van der Waals surface area contributed by atoms with Gasteiger partial charge in [0.2, 0.25) is 0 Å². The van der Waals surface area contributed by atoms with Gasteiger partial charge in [0.15, 0.2) is 5.78 Å². The number of ether oxygens (including phenoxy) is 1. The summed E-state index contributed by atoms with van der Waals surface area (Å²) in [6.45, 7) is 4.21. The summed E-state index contributed by atoms with van der Waals surface area (Å²) in [5.74, 6) is -0.216. The molecule has 0 fully saturated rings. The predicted octanol–water partition coefficient (Wildman–Crippen LogP) is 6.02. The monoisotopic (exact) mass is 472 g/mol. The highest BCUT2D eigenvalue weighted by Gasteiger charge is 2.18. The van der Waals surface area contributed by atoms with Gasteiger partial charge in [-0.05, 0) is 35.7 Å². The lowest BCUT2D eigenvalue weighted by atomic mass is 10.0. The van der Waals surface area contributed by atoms with Crippen LogP contribution in [0.1, 0.15) is 70.9 Å². The van der Waals surface area contributed by atoms with Crippen molar-refractivity contribution in [2.45, 2.75) is 52.1 Å². The van der Waals surface area contributed by atoms with E-state index in [2.05, 4.69) is 36.1 Å². The van der Waals surface area contributed by atoms with Gasteiger partial charge in [0.1, 0.15) is 5.75 Å². The van der Waals surface area contributed by atoms with Crippen LogP contribution in [0.2, 0.25) is 0 Å². The maximum absolute atomic E-state index is 13.2. The van der Waals surface area contributed by atoms with Crippen molar-refractivity contribution < 1.29 is 14.3 Å². The molecule has 0 radical (unpaired) electrons. The van der Waals surface area contributed by atoms with E-state index in [9.17, 15) is 9.59 Å². The SMILES string of the molecule is CCCCCCCOc1ccc(C(=O)CN(Cc2ccccc2)Cc2ccccc2)cc1C(N)=O. The van der Waals surface area contributed by atoms with Crippen LogP contribution in [0.15, 0.2) is 78.9 Å². The zero-order valence-corrected chi connectivity index (χ0v) is 20.6. The topological polar surface area (TPSA) is 72.6 Å². The van der Waals surface area contributed by atoms with Gasteiger partial charge < -0.3 is 10.5 Å². The van der Waals surface area contributed by atoms with Crippen LogP contribution >= 0.6 is 0 Å². The number of benzene rings is 3. The molecule has 184 valence electrons. The lowest BCUT2D eigenvalue weighted by Gasteiger charge is -2.22. The van der Waals surface area contributed by atoms with Crippen LogP contribution in [-0.4, -0.2) is 29.7 Å². The number of ketones is 1. The number of hydrogen-bond donors (Lipinski definition) is 1. The van der Waals surface area contributed by atoms with E-state index in [4.69, 9.17) is 10.5 Å². The summed E-state index contributed by atoms with van der Waals surface area (Å²) in [4.78, 5) is 27.5. The van der Waals surface area contributed by atoms with Crippen LogP contribution in [0.4, 0.5) is 0 Å². The van der Waals surface area contributed by atoms with Crippen LogP contribution in [0.5, 0.6) is 5.75 Å². The van der Waals surface area contributed by atoms with E-state index >= 15 is 0 Å². The third-order valence-corrected chi connectivity index (χ3v) is 5.94. The Morgan fingerprint density at radius 1 is 0.800 bits per heavy atom. The summed E-state index contributed by atoms with van der Waals surface area (Å²) in [6, 6.07) is 25.2. The van der Waals surface area contributed by atoms with Crippen molar-refractivity contribution in [3.63, 3.8) is 0 Å². The van der Waals surface area contributed by atoms with Crippen molar-refractivity contribution >= 4 is 11.7 Å². The minimum atomic E-state index is -0.592. The Bertz CT molecular complexity index is 1030. The maximum Gasteiger partial charge on any atom is 0.252 e. The number of carbonyl (C=O) groups excluding carboxylic acids is 2. The molecule has 0 aliphatic carbocycles. The molecule has 3 rings (SSSR count). The fourth-order valence-electron chi connectivity index (χ4n) is 4.05. The van der Waals surface area contributed by atoms with Gasteiger partial charge >= 0.3 is 0 Å². The Morgan fingerprint density at radius 3 is 1.97 bits per heavy atom. The van der Waals surface area contributed by atoms with E-state index in [1.54, 1.807) is 18.2 Å². The molecule has 35 heavy (non-hydrogen) atoms. The highest BCUT2D eigenvalue weighted by atomic mass is 16.5. The fraction of sp³-hybridized carbons (Fsp3) is 0.333. The van der Waals surface area contributed by atoms with Crippen LogP contribution in [0, 0.1) is 0 Å². The second-order valence-electron chi connectivity index (χ2n) is 8.88. The van der Waals surface area contributed by atoms with Gasteiger partial charge in [0.25, 0.3) is 5.91 Å². The summed E-state index contributed by atoms with van der Waals surface area (Å²) in [7, 11) is 0. The molecular formula is C30H36N2O3. The zero-order chi connectivity index (χ0) is 24.9. The quantitative estimate of drug-likeness (QED) is 0.217. The molecule has 0 aliphatic heterocycles. The first kappa shape index (κ1) is 26.2. The summed E-state index contributed by atoms with van der Waals surface area (Å²) < 4.78 is 5.83. The third-order valence-electron chi connectivity index (χ3n) is 5.94. The van der Waals surface area contributed by atoms with E-state index in [0.717, 1.165) is 24.0 Å². The van der Waals surface area contributed by atoms with Crippen LogP contribution in [0.3, 0.4) is 0 Å². The number of primary amides is 1. The summed E-state index contributed by atoms with van der Waals surface area (Å²) in [6.07, 6.45) is 5.60. The highest BCUT2D eigenvalue weighted by molar-refractivity contribution is 6.02. The van der Waals surface area contributed by atoms with E-state index in [1.807, 2.05) is 36.4 Å². The summed E-state index contributed by atoms with van der Waals surface area (Å²) in [5, 5.41) is 0. The average molecular weight is 473 g/mol. The molecular weight excluding hydrogens is 436 g/mol. The molecule has 0 spiro atoms. The van der Waals surface area contributed by atoms with E-state index in [0.29, 0.717) is 31.0 Å². The van der Waals surface area contributed by atoms with Gasteiger partial charge in [-0.2, -0.15) is 0 Å². The Labute approximate surface area is 208 Å². The molecule has 0 bridgehead atoms. The van der Waals surface area contributed by atoms with Crippen molar-refractivity contribution in [2.75, 3.05) is 13.2 Å². The molecule has 1 amide bonds. The molecule has 0 saturated carbocycles. The minimum absolute atomic E-state index is 0.0644. The molecule has 0 heterocycles. The molecule has 3 aromatic rings. The average Bonchev–Trinajstić information content (AvgIpc) is 2.87. The predicted molar refractivity (Wildman–Crippen MR) is 141 cm³/mol. The second kappa shape index (κ2) is 14.1. The summed E-state index contributed by atoms with van der Waals surface area (Å²) >= 11 is 0. The van der Waals surface area contributed by atoms with Gasteiger partial charge in [0.05, 0.1) is 18.7 Å². The zero-order valence-electron chi connectivity index (χ0n) is 20.6. The van der Waals surface area contributed by atoms with Crippen molar-refractivity contribution in [1.82, 2.24) is 4.90 Å². The number of nitrogens with zero attached hydrogens (tertiary/aromatic N) is 1.